The monoisotopic (exact) mass is 411 g/mol. The fourth-order valence-corrected chi connectivity index (χ4v) is 3.61. The van der Waals surface area contributed by atoms with E-state index >= 15 is 0 Å². The van der Waals surface area contributed by atoms with Crippen molar-refractivity contribution in [1.29, 1.82) is 0 Å². The zero-order chi connectivity index (χ0) is 17.3. The summed E-state index contributed by atoms with van der Waals surface area (Å²) in [5.41, 5.74) is 0.931. The Hall–Kier alpha value is -2.39. The molecule has 0 bridgehead atoms. The third-order valence-corrected chi connectivity index (χ3v) is 5.13. The summed E-state index contributed by atoms with van der Waals surface area (Å²) in [4.78, 5) is -0.381. The molecule has 0 unspecified atom stereocenters. The van der Waals surface area contributed by atoms with Gasteiger partial charge >= 0.3 is 0 Å². The van der Waals surface area contributed by atoms with Crippen LogP contribution in [0.3, 0.4) is 0 Å². The van der Waals surface area contributed by atoms with Gasteiger partial charge in [-0.05, 0) is 34.1 Å². The van der Waals surface area contributed by atoms with Gasteiger partial charge in [0, 0.05) is 16.6 Å². The highest BCUT2D eigenvalue weighted by Crippen LogP contribution is 2.24. The van der Waals surface area contributed by atoms with Crippen LogP contribution in [0.15, 0.2) is 64.2 Å². The van der Waals surface area contributed by atoms with Crippen LogP contribution in [0, 0.1) is 5.82 Å². The predicted octanol–water partition coefficient (Wildman–Crippen LogP) is 3.28. The van der Waals surface area contributed by atoms with Crippen LogP contribution < -0.4 is 4.72 Å². The molecule has 0 aliphatic heterocycles. The highest BCUT2D eigenvalue weighted by Gasteiger charge is 2.17. The van der Waals surface area contributed by atoms with Crippen LogP contribution >= 0.6 is 15.9 Å². The van der Waals surface area contributed by atoms with E-state index in [4.69, 9.17) is 0 Å². The predicted molar refractivity (Wildman–Crippen MR) is 90.1 cm³/mol. The number of nitrogens with zero attached hydrogens (tertiary/aromatic N) is 2. The summed E-state index contributed by atoms with van der Waals surface area (Å²) in [6.07, 6.45) is 2.81. The maximum absolute atomic E-state index is 13.3. The number of aromatic hydroxyl groups is 1. The van der Waals surface area contributed by atoms with E-state index < -0.39 is 21.6 Å². The van der Waals surface area contributed by atoms with Gasteiger partial charge in [0.1, 0.15) is 11.6 Å². The molecule has 124 valence electrons. The van der Waals surface area contributed by atoms with Gasteiger partial charge in [-0.2, -0.15) is 5.10 Å². The lowest BCUT2D eigenvalue weighted by molar-refractivity contribution is 0.466. The number of halogens is 2. The molecule has 2 aromatic carbocycles. The van der Waals surface area contributed by atoms with Crippen LogP contribution in [0.1, 0.15) is 0 Å². The molecule has 24 heavy (non-hydrogen) atoms. The molecule has 0 atom stereocenters. The molecule has 9 heteroatoms. The van der Waals surface area contributed by atoms with Crippen molar-refractivity contribution in [2.24, 2.45) is 0 Å². The Morgan fingerprint density at radius 1 is 1.21 bits per heavy atom. The molecule has 1 heterocycles. The Balaban J connectivity index is 1.90. The standard InChI is InChI=1S/C15H11BrFN3O3S/c16-14-3-1-2-4-15(14)20-9-11(8-18-20)19-24(22,23)13-6-10(17)5-12(21)7-13/h1-9,19,21H. The summed E-state index contributed by atoms with van der Waals surface area (Å²) in [6.45, 7) is 0. The van der Waals surface area contributed by atoms with Crippen molar-refractivity contribution in [1.82, 2.24) is 9.78 Å². The fourth-order valence-electron chi connectivity index (χ4n) is 2.06. The minimum atomic E-state index is -4.05. The number of phenolic OH excluding ortho intramolecular Hbond substituents is 1. The van der Waals surface area contributed by atoms with E-state index in [1.54, 1.807) is 6.07 Å². The van der Waals surface area contributed by atoms with Gasteiger partial charge in [0.15, 0.2) is 0 Å². The quantitative estimate of drug-likeness (QED) is 0.689. The van der Waals surface area contributed by atoms with Crippen LogP contribution in [-0.4, -0.2) is 23.3 Å². The molecule has 0 spiro atoms. The van der Waals surface area contributed by atoms with Crippen molar-refractivity contribution in [2.45, 2.75) is 4.90 Å². The van der Waals surface area contributed by atoms with Crippen molar-refractivity contribution in [3.8, 4) is 11.4 Å². The van der Waals surface area contributed by atoms with Crippen molar-refractivity contribution >= 4 is 31.6 Å². The first-order chi connectivity index (χ1) is 11.3. The molecule has 2 N–H and O–H groups in total. The van der Waals surface area contributed by atoms with Crippen molar-refractivity contribution < 1.29 is 17.9 Å². The topological polar surface area (TPSA) is 84.2 Å². The van der Waals surface area contributed by atoms with Crippen LogP contribution in [0.25, 0.3) is 5.69 Å². The van der Waals surface area contributed by atoms with E-state index in [0.717, 1.165) is 28.4 Å². The molecule has 3 aromatic rings. The summed E-state index contributed by atoms with van der Waals surface area (Å²) >= 11 is 3.39. The molecule has 6 nitrogen and oxygen atoms in total. The minimum Gasteiger partial charge on any atom is -0.508 e. The largest absolute Gasteiger partial charge is 0.508 e. The minimum absolute atomic E-state index is 0.203. The molecular formula is C15H11BrFN3O3S. The highest BCUT2D eigenvalue weighted by molar-refractivity contribution is 9.10. The number of rotatable bonds is 4. The van der Waals surface area contributed by atoms with Crippen LogP contribution in [0.4, 0.5) is 10.1 Å². The summed E-state index contributed by atoms with van der Waals surface area (Å²) < 4.78 is 42.4. The summed E-state index contributed by atoms with van der Waals surface area (Å²) in [5, 5.41) is 13.4. The second-order valence-electron chi connectivity index (χ2n) is 4.88. The lowest BCUT2D eigenvalue weighted by Gasteiger charge is -2.07. The number of hydrogen-bond donors (Lipinski definition) is 2. The van der Waals surface area contributed by atoms with Gasteiger partial charge in [0.2, 0.25) is 0 Å². The van der Waals surface area contributed by atoms with Gasteiger partial charge in [-0.15, -0.1) is 0 Å². The van der Waals surface area contributed by atoms with E-state index in [2.05, 4.69) is 25.8 Å². The fraction of sp³-hybridized carbons (Fsp3) is 0. The first kappa shape index (κ1) is 16.5. The average Bonchev–Trinajstić information content (AvgIpc) is 2.94. The van der Waals surface area contributed by atoms with Gasteiger partial charge in [-0.25, -0.2) is 17.5 Å². The molecule has 0 amide bonds. The third-order valence-electron chi connectivity index (χ3n) is 3.10. The highest BCUT2D eigenvalue weighted by atomic mass is 79.9. The summed E-state index contributed by atoms with van der Waals surface area (Å²) in [7, 11) is -4.05. The summed E-state index contributed by atoms with van der Waals surface area (Å²) in [5.74, 6) is -1.32. The number of phenols is 1. The Morgan fingerprint density at radius 2 is 1.96 bits per heavy atom. The lowest BCUT2D eigenvalue weighted by Crippen LogP contribution is -2.12. The Bertz CT molecular complexity index is 984. The Labute approximate surface area is 145 Å². The lowest BCUT2D eigenvalue weighted by atomic mass is 10.3. The number of sulfonamides is 1. The van der Waals surface area contributed by atoms with Crippen molar-refractivity contribution in [3.05, 3.63) is 65.1 Å². The number of anilines is 1. The molecule has 0 fully saturated rings. The number of nitrogens with one attached hydrogen (secondary N) is 1. The average molecular weight is 412 g/mol. The smallest absolute Gasteiger partial charge is 0.262 e. The second kappa shape index (κ2) is 6.25. The molecule has 3 rings (SSSR count). The Kier molecular flexibility index (Phi) is 4.29. The van der Waals surface area contributed by atoms with Gasteiger partial charge in [-0.1, -0.05) is 12.1 Å². The van der Waals surface area contributed by atoms with E-state index in [9.17, 15) is 17.9 Å². The van der Waals surface area contributed by atoms with Crippen molar-refractivity contribution in [2.75, 3.05) is 4.72 Å². The zero-order valence-electron chi connectivity index (χ0n) is 12.0. The van der Waals surface area contributed by atoms with Crippen LogP contribution in [-0.2, 0) is 10.0 Å². The second-order valence-corrected chi connectivity index (χ2v) is 7.41. The summed E-state index contributed by atoms with van der Waals surface area (Å²) in [6, 6.07) is 9.91. The van der Waals surface area contributed by atoms with E-state index in [1.807, 2.05) is 18.2 Å². The Morgan fingerprint density at radius 3 is 2.67 bits per heavy atom. The molecule has 0 aliphatic carbocycles. The molecular weight excluding hydrogens is 401 g/mol. The molecule has 1 aromatic heterocycles. The maximum Gasteiger partial charge on any atom is 0.262 e. The van der Waals surface area contributed by atoms with Gasteiger partial charge in [-0.3, -0.25) is 4.72 Å². The van der Waals surface area contributed by atoms with Gasteiger partial charge < -0.3 is 5.11 Å². The van der Waals surface area contributed by atoms with Gasteiger partial charge in [0.25, 0.3) is 10.0 Å². The number of benzene rings is 2. The zero-order valence-corrected chi connectivity index (χ0v) is 14.4. The number of aromatic nitrogens is 2. The van der Waals surface area contributed by atoms with Crippen molar-refractivity contribution in [3.63, 3.8) is 0 Å². The number of hydrogen-bond acceptors (Lipinski definition) is 4. The van der Waals surface area contributed by atoms with Gasteiger partial charge in [0.05, 0.1) is 28.7 Å². The molecule has 0 saturated carbocycles. The molecule has 0 aliphatic rings. The first-order valence-electron chi connectivity index (χ1n) is 6.67. The van der Waals surface area contributed by atoms with E-state index in [-0.39, 0.29) is 10.6 Å². The van der Waals surface area contributed by atoms with Crippen LogP contribution in [0.2, 0.25) is 0 Å². The van der Waals surface area contributed by atoms with Crippen LogP contribution in [0.5, 0.6) is 5.75 Å². The number of para-hydroxylation sites is 1. The molecule has 0 saturated heterocycles. The first-order valence-corrected chi connectivity index (χ1v) is 8.95. The molecule has 0 radical (unpaired) electrons. The van der Waals surface area contributed by atoms with E-state index in [1.165, 1.54) is 17.1 Å². The SMILES string of the molecule is O=S(=O)(Nc1cnn(-c2ccccc2Br)c1)c1cc(O)cc(F)c1. The third kappa shape index (κ3) is 3.41. The maximum atomic E-state index is 13.3. The normalized spacial score (nSPS) is 11.4. The van der Waals surface area contributed by atoms with E-state index in [0.29, 0.717) is 0 Å².